The van der Waals surface area contributed by atoms with Crippen molar-refractivity contribution in [1.29, 1.82) is 0 Å². The second-order valence-electron chi connectivity index (χ2n) is 9.87. The molecule has 0 saturated carbocycles. The van der Waals surface area contributed by atoms with Crippen LogP contribution in [0, 0.1) is 0 Å². The average molecular weight is 469 g/mol. The van der Waals surface area contributed by atoms with E-state index in [-0.39, 0.29) is 18.6 Å². The van der Waals surface area contributed by atoms with E-state index >= 15 is 0 Å². The van der Waals surface area contributed by atoms with Gasteiger partial charge in [-0.05, 0) is 30.9 Å². The van der Waals surface area contributed by atoms with Crippen LogP contribution in [-0.4, -0.2) is 43.8 Å². The molecule has 0 aromatic heterocycles. The lowest BCUT2D eigenvalue weighted by molar-refractivity contribution is -0.920. The van der Waals surface area contributed by atoms with Gasteiger partial charge < -0.3 is 14.0 Å². The summed E-state index contributed by atoms with van der Waals surface area (Å²) in [7, 11) is 4.23. The van der Waals surface area contributed by atoms with Crippen LogP contribution in [0.5, 0.6) is 5.75 Å². The predicted molar refractivity (Wildman–Crippen MR) is 141 cm³/mol. The zero-order valence-corrected chi connectivity index (χ0v) is 21.9. The molecule has 0 heterocycles. The number of hydrogen-bond acceptors (Lipinski definition) is 3. The van der Waals surface area contributed by atoms with Crippen LogP contribution in [0.3, 0.4) is 0 Å². The maximum atomic E-state index is 13.0. The molecule has 188 valence electrons. The first kappa shape index (κ1) is 27.9. The monoisotopic (exact) mass is 468 g/mol. The number of benzene rings is 2. The average Bonchev–Trinajstić information content (AvgIpc) is 2.83. The summed E-state index contributed by atoms with van der Waals surface area (Å²) in [6.07, 6.45) is 10.5. The van der Waals surface area contributed by atoms with Crippen LogP contribution in [0.2, 0.25) is 0 Å². The Kier molecular flexibility index (Phi) is 12.8. The predicted octanol–water partition coefficient (Wildman–Crippen LogP) is 6.96. The molecule has 2 rings (SSSR count). The van der Waals surface area contributed by atoms with Gasteiger partial charge in [-0.2, -0.15) is 0 Å². The third kappa shape index (κ3) is 9.89. The van der Waals surface area contributed by atoms with Crippen molar-refractivity contribution in [3.8, 4) is 5.75 Å². The minimum Gasteiger partial charge on any atom is -0.490 e. The fourth-order valence-corrected chi connectivity index (χ4v) is 4.53. The lowest BCUT2D eigenvalue weighted by Gasteiger charge is -2.36. The normalized spacial score (nSPS) is 12.4. The Hall–Kier alpha value is -2.33. The highest BCUT2D eigenvalue weighted by Gasteiger charge is 2.35. The lowest BCUT2D eigenvalue weighted by Crippen LogP contribution is -2.53. The maximum absolute atomic E-state index is 13.0. The molecular weight excluding hydrogens is 422 g/mol. The van der Waals surface area contributed by atoms with Gasteiger partial charge in [0.1, 0.15) is 25.5 Å². The van der Waals surface area contributed by atoms with Crippen LogP contribution < -0.4 is 4.74 Å². The van der Waals surface area contributed by atoms with Crippen LogP contribution in [0.15, 0.2) is 54.6 Å². The minimum absolute atomic E-state index is 0.133. The first-order valence-corrected chi connectivity index (χ1v) is 13.2. The van der Waals surface area contributed by atoms with Crippen LogP contribution in [-0.2, 0) is 22.5 Å². The van der Waals surface area contributed by atoms with Gasteiger partial charge in [0.25, 0.3) is 0 Å². The second kappa shape index (κ2) is 15.5. The van der Waals surface area contributed by atoms with E-state index in [0.717, 1.165) is 31.6 Å². The molecule has 0 spiro atoms. The molecule has 0 radical (unpaired) electrons. The second-order valence-corrected chi connectivity index (χ2v) is 9.87. The number of carbonyl (C=O) groups excluding carboxylic acids is 1. The summed E-state index contributed by atoms with van der Waals surface area (Å²) in [5.41, 5.74) is 2.47. The van der Waals surface area contributed by atoms with E-state index in [9.17, 15) is 4.79 Å². The third-order valence-corrected chi connectivity index (χ3v) is 6.47. The van der Waals surface area contributed by atoms with Crippen molar-refractivity contribution in [2.24, 2.45) is 0 Å². The van der Waals surface area contributed by atoms with Gasteiger partial charge in [0.15, 0.2) is 6.04 Å². The van der Waals surface area contributed by atoms with E-state index in [1.807, 2.05) is 30.3 Å². The smallest absolute Gasteiger partial charge is 0.365 e. The molecule has 2 aromatic rings. The van der Waals surface area contributed by atoms with Gasteiger partial charge >= 0.3 is 5.97 Å². The summed E-state index contributed by atoms with van der Waals surface area (Å²) < 4.78 is 12.3. The van der Waals surface area contributed by atoms with Crippen molar-refractivity contribution < 1.29 is 18.8 Å². The number of para-hydroxylation sites is 1. The Morgan fingerprint density at radius 2 is 1.50 bits per heavy atom. The minimum atomic E-state index is -0.190. The third-order valence-electron chi connectivity index (χ3n) is 6.47. The van der Waals surface area contributed by atoms with Gasteiger partial charge in [-0.25, -0.2) is 4.79 Å². The first-order chi connectivity index (χ1) is 16.5. The summed E-state index contributed by atoms with van der Waals surface area (Å²) in [6, 6.07) is 18.4. The Balaban J connectivity index is 1.82. The van der Waals surface area contributed by atoms with E-state index in [2.05, 4.69) is 52.2 Å². The molecule has 0 bridgehead atoms. The number of aryl methyl sites for hydroxylation is 1. The van der Waals surface area contributed by atoms with Crippen molar-refractivity contribution in [2.45, 2.75) is 84.2 Å². The molecule has 0 fully saturated rings. The number of ether oxygens (including phenoxy) is 2. The number of likely N-dealkylation sites (N-methyl/N-ethyl adjacent to an activating group) is 1. The summed E-state index contributed by atoms with van der Waals surface area (Å²) in [5.74, 6) is 0.782. The number of carbonyl (C=O) groups is 1. The highest BCUT2D eigenvalue weighted by Crippen LogP contribution is 2.22. The summed E-state index contributed by atoms with van der Waals surface area (Å²) in [6.45, 7) is 5.81. The molecule has 0 amide bonds. The van der Waals surface area contributed by atoms with Crippen molar-refractivity contribution in [3.63, 3.8) is 0 Å². The van der Waals surface area contributed by atoms with E-state index in [1.165, 1.54) is 49.7 Å². The molecular formula is C30H46NO3+. The Morgan fingerprint density at radius 1 is 0.824 bits per heavy atom. The fraction of sp³-hybridized carbons (Fsp3) is 0.567. The van der Waals surface area contributed by atoms with Crippen LogP contribution in [0.1, 0.15) is 76.3 Å². The lowest BCUT2D eigenvalue weighted by atomic mass is 10.0. The zero-order valence-electron chi connectivity index (χ0n) is 21.9. The van der Waals surface area contributed by atoms with E-state index in [4.69, 9.17) is 9.47 Å². The van der Waals surface area contributed by atoms with Gasteiger partial charge in [0, 0.05) is 12.0 Å². The molecule has 4 heteroatoms. The Labute approximate surface area is 207 Å². The van der Waals surface area contributed by atoms with Crippen LogP contribution in [0.4, 0.5) is 0 Å². The molecule has 2 aromatic carbocycles. The SMILES string of the molecule is CCCCCCCCc1ccccc1OCCOC(=O)C(CCC)[N+](C)(C)Cc1ccccc1. The van der Waals surface area contributed by atoms with Crippen molar-refractivity contribution >= 4 is 5.97 Å². The number of unbranched alkanes of at least 4 members (excludes halogenated alkanes) is 5. The summed E-state index contributed by atoms with van der Waals surface area (Å²) >= 11 is 0. The van der Waals surface area contributed by atoms with Gasteiger partial charge in [0.2, 0.25) is 0 Å². The quantitative estimate of drug-likeness (QED) is 0.143. The van der Waals surface area contributed by atoms with E-state index in [0.29, 0.717) is 11.1 Å². The van der Waals surface area contributed by atoms with E-state index < -0.39 is 0 Å². The first-order valence-electron chi connectivity index (χ1n) is 13.2. The highest BCUT2D eigenvalue weighted by atomic mass is 16.6. The van der Waals surface area contributed by atoms with Crippen molar-refractivity contribution in [1.82, 2.24) is 0 Å². The molecule has 0 aliphatic carbocycles. The Bertz CT molecular complexity index is 819. The standard InChI is InChI=1S/C30H46NO3/c1-5-7-8-9-10-14-20-27-21-15-16-22-29(27)33-23-24-34-30(32)28(17-6-2)31(3,4)25-26-18-12-11-13-19-26/h11-13,15-16,18-19,21-22,28H,5-10,14,17,20,23-25H2,1-4H3/q+1. The number of rotatable bonds is 17. The summed E-state index contributed by atoms with van der Waals surface area (Å²) in [5, 5.41) is 0. The largest absolute Gasteiger partial charge is 0.490 e. The molecule has 1 atom stereocenters. The number of hydrogen-bond donors (Lipinski definition) is 0. The molecule has 0 aliphatic heterocycles. The van der Waals surface area contributed by atoms with Crippen LogP contribution in [0.25, 0.3) is 0 Å². The van der Waals surface area contributed by atoms with Gasteiger partial charge in [-0.15, -0.1) is 0 Å². The molecule has 4 nitrogen and oxygen atoms in total. The van der Waals surface area contributed by atoms with Crippen LogP contribution >= 0.6 is 0 Å². The van der Waals surface area contributed by atoms with Crippen molar-refractivity contribution in [3.05, 3.63) is 65.7 Å². The molecule has 0 N–H and O–H groups in total. The van der Waals surface area contributed by atoms with E-state index in [1.54, 1.807) is 0 Å². The maximum Gasteiger partial charge on any atom is 0.365 e. The zero-order chi connectivity index (χ0) is 24.7. The topological polar surface area (TPSA) is 35.5 Å². The van der Waals surface area contributed by atoms with Crippen molar-refractivity contribution in [2.75, 3.05) is 27.3 Å². The Morgan fingerprint density at radius 3 is 2.24 bits per heavy atom. The molecule has 34 heavy (non-hydrogen) atoms. The molecule has 0 saturated heterocycles. The summed E-state index contributed by atoms with van der Waals surface area (Å²) in [4.78, 5) is 13.0. The fourth-order valence-electron chi connectivity index (χ4n) is 4.53. The molecule has 0 aliphatic rings. The van der Waals surface area contributed by atoms with Gasteiger partial charge in [-0.1, -0.05) is 94.5 Å². The number of quaternary nitrogens is 1. The van der Waals surface area contributed by atoms with Gasteiger partial charge in [0.05, 0.1) is 14.1 Å². The highest BCUT2D eigenvalue weighted by molar-refractivity contribution is 5.74. The molecule has 1 unspecified atom stereocenters. The van der Waals surface area contributed by atoms with Gasteiger partial charge in [-0.3, -0.25) is 0 Å². The number of esters is 1. The number of nitrogens with zero attached hydrogens (tertiary/aromatic N) is 1.